The standard InChI is InChI=1S/C30H40N2O9S/c1-19(2)16-32(42(35,36)22-11-9-21(37-3)10-12-22)17-25(33)24(15-20-7-5-4-6-8-20)31-30(34)40-26-18-39-29-27(26)23-13-14-38-28(23)41-29/h4-12,19,23-29,33H,13-18H2,1-3H3,(H,31,34)/t23-,24-,25+,26-,27-,28+,29-/m0/s1. The molecule has 0 aliphatic carbocycles. The van der Waals surface area contributed by atoms with Gasteiger partial charge in [0.2, 0.25) is 10.0 Å². The molecule has 0 aromatic heterocycles. The molecule has 42 heavy (non-hydrogen) atoms. The molecule has 0 unspecified atom stereocenters. The minimum atomic E-state index is -3.96. The lowest BCUT2D eigenvalue weighted by Crippen LogP contribution is -2.52. The molecule has 2 N–H and O–H groups in total. The van der Waals surface area contributed by atoms with Crippen LogP contribution in [0.25, 0.3) is 0 Å². The van der Waals surface area contributed by atoms with Crippen LogP contribution < -0.4 is 10.1 Å². The van der Waals surface area contributed by atoms with Crippen LogP contribution in [0.5, 0.6) is 5.75 Å². The van der Waals surface area contributed by atoms with E-state index in [1.807, 2.05) is 44.2 Å². The minimum absolute atomic E-state index is 0.0111. The van der Waals surface area contributed by atoms with Gasteiger partial charge in [-0.15, -0.1) is 0 Å². The summed E-state index contributed by atoms with van der Waals surface area (Å²) in [5, 5.41) is 14.3. The predicted octanol–water partition coefficient (Wildman–Crippen LogP) is 2.77. The number of aliphatic hydroxyl groups excluding tert-OH is 1. The molecule has 3 aliphatic heterocycles. The number of aliphatic hydroxyl groups is 1. The van der Waals surface area contributed by atoms with Crippen molar-refractivity contribution in [3.8, 4) is 5.75 Å². The van der Waals surface area contributed by atoms with Crippen LogP contribution in [0, 0.1) is 17.8 Å². The van der Waals surface area contributed by atoms with Gasteiger partial charge in [0.1, 0.15) is 11.9 Å². The number of rotatable bonds is 12. The molecular weight excluding hydrogens is 564 g/mol. The van der Waals surface area contributed by atoms with Crippen molar-refractivity contribution < 1.29 is 42.0 Å². The smallest absolute Gasteiger partial charge is 0.407 e. The first-order chi connectivity index (χ1) is 20.2. The first-order valence-electron chi connectivity index (χ1n) is 14.4. The summed E-state index contributed by atoms with van der Waals surface area (Å²) in [4.78, 5) is 13.3. The Bertz CT molecular complexity index is 1290. The van der Waals surface area contributed by atoms with Crippen molar-refractivity contribution in [2.24, 2.45) is 17.8 Å². The van der Waals surface area contributed by atoms with Crippen molar-refractivity contribution in [2.45, 2.75) is 62.4 Å². The molecule has 0 radical (unpaired) electrons. The summed E-state index contributed by atoms with van der Waals surface area (Å²) < 4.78 is 56.7. The average molecular weight is 605 g/mol. The molecule has 3 heterocycles. The Hall–Kier alpha value is -2.74. The highest BCUT2D eigenvalue weighted by Crippen LogP contribution is 2.45. The molecule has 3 fully saturated rings. The van der Waals surface area contributed by atoms with Crippen molar-refractivity contribution in [2.75, 3.05) is 33.4 Å². The molecule has 2 aromatic rings. The van der Waals surface area contributed by atoms with Crippen LogP contribution in [0.15, 0.2) is 59.5 Å². The first kappa shape index (κ1) is 30.7. The quantitative estimate of drug-likeness (QED) is 0.375. The summed E-state index contributed by atoms with van der Waals surface area (Å²) in [5.41, 5.74) is 0.870. The average Bonchev–Trinajstić information content (AvgIpc) is 3.66. The van der Waals surface area contributed by atoms with Crippen molar-refractivity contribution in [1.82, 2.24) is 9.62 Å². The Morgan fingerprint density at radius 1 is 1.07 bits per heavy atom. The molecule has 0 bridgehead atoms. The van der Waals surface area contributed by atoms with E-state index in [-0.39, 0.29) is 55.1 Å². The van der Waals surface area contributed by atoms with Crippen LogP contribution in [-0.2, 0) is 35.4 Å². The topological polar surface area (TPSA) is 133 Å². The fraction of sp³-hybridized carbons (Fsp3) is 0.567. The number of carbonyl (C=O) groups is 1. The lowest BCUT2D eigenvalue weighted by atomic mass is 9.89. The van der Waals surface area contributed by atoms with Crippen LogP contribution in [0.2, 0.25) is 0 Å². The molecule has 0 saturated carbocycles. The van der Waals surface area contributed by atoms with Gasteiger partial charge >= 0.3 is 6.09 Å². The second-order valence-electron chi connectivity index (χ2n) is 11.4. The highest BCUT2D eigenvalue weighted by atomic mass is 32.2. The summed E-state index contributed by atoms with van der Waals surface area (Å²) in [5.74, 6) is 0.489. The number of fused-ring (bicyclic) bond motifs is 3. The van der Waals surface area contributed by atoms with E-state index in [2.05, 4.69) is 5.32 Å². The van der Waals surface area contributed by atoms with Gasteiger partial charge in [0.05, 0.1) is 43.3 Å². The number of amides is 1. The third kappa shape index (κ3) is 6.90. The van der Waals surface area contributed by atoms with Gasteiger partial charge in [-0.3, -0.25) is 0 Å². The monoisotopic (exact) mass is 604 g/mol. The molecule has 7 atom stereocenters. The number of alkyl carbamates (subject to hydrolysis) is 1. The van der Waals surface area contributed by atoms with E-state index in [1.54, 1.807) is 12.1 Å². The van der Waals surface area contributed by atoms with E-state index in [1.165, 1.54) is 23.5 Å². The molecule has 230 valence electrons. The Balaban J connectivity index is 1.31. The summed E-state index contributed by atoms with van der Waals surface area (Å²) in [6.45, 7) is 4.57. The van der Waals surface area contributed by atoms with Gasteiger partial charge in [0.25, 0.3) is 0 Å². The Morgan fingerprint density at radius 3 is 2.50 bits per heavy atom. The molecule has 5 rings (SSSR count). The zero-order valence-electron chi connectivity index (χ0n) is 24.1. The van der Waals surface area contributed by atoms with E-state index < -0.39 is 40.7 Å². The highest BCUT2D eigenvalue weighted by molar-refractivity contribution is 7.89. The third-order valence-electron chi connectivity index (χ3n) is 8.00. The van der Waals surface area contributed by atoms with E-state index >= 15 is 0 Å². The summed E-state index contributed by atoms with van der Waals surface area (Å²) in [6, 6.07) is 14.7. The van der Waals surface area contributed by atoms with Gasteiger partial charge in [0, 0.05) is 19.0 Å². The Kier molecular flexibility index (Phi) is 9.70. The normalized spacial score (nSPS) is 26.6. The highest BCUT2D eigenvalue weighted by Gasteiger charge is 2.56. The first-order valence-corrected chi connectivity index (χ1v) is 15.8. The fourth-order valence-electron chi connectivity index (χ4n) is 5.92. The largest absolute Gasteiger partial charge is 0.497 e. The van der Waals surface area contributed by atoms with Crippen LogP contribution in [0.4, 0.5) is 4.79 Å². The van der Waals surface area contributed by atoms with E-state index in [4.69, 9.17) is 23.7 Å². The lowest BCUT2D eigenvalue weighted by Gasteiger charge is -2.31. The Labute approximate surface area is 247 Å². The number of nitrogens with one attached hydrogen (secondary N) is 1. The molecule has 3 aliphatic rings. The number of methoxy groups -OCH3 is 1. The molecule has 3 saturated heterocycles. The van der Waals surface area contributed by atoms with Gasteiger partial charge in [-0.05, 0) is 48.6 Å². The summed E-state index contributed by atoms with van der Waals surface area (Å²) >= 11 is 0. The van der Waals surface area contributed by atoms with Crippen molar-refractivity contribution >= 4 is 16.1 Å². The number of hydrogen-bond acceptors (Lipinski definition) is 9. The summed E-state index contributed by atoms with van der Waals surface area (Å²) in [7, 11) is -2.45. The zero-order valence-corrected chi connectivity index (χ0v) is 24.9. The van der Waals surface area contributed by atoms with Gasteiger partial charge in [-0.2, -0.15) is 4.31 Å². The fourth-order valence-corrected chi connectivity index (χ4v) is 7.54. The summed E-state index contributed by atoms with van der Waals surface area (Å²) in [6.07, 6.45) is -2.21. The SMILES string of the molecule is COc1ccc(S(=O)(=O)N(CC(C)C)C[C@@H](O)[C@H](Cc2ccccc2)NC(=O)O[C@H]2CO[C@H]3O[C@H]4OCC[C@H]4[C@H]32)cc1. The number of sulfonamides is 1. The number of hydrogen-bond donors (Lipinski definition) is 2. The molecule has 0 spiro atoms. The predicted molar refractivity (Wildman–Crippen MR) is 152 cm³/mol. The van der Waals surface area contributed by atoms with Gasteiger partial charge < -0.3 is 34.1 Å². The molecular formula is C30H40N2O9S. The van der Waals surface area contributed by atoms with E-state index in [9.17, 15) is 18.3 Å². The van der Waals surface area contributed by atoms with Crippen LogP contribution in [-0.4, -0.2) is 88.2 Å². The molecule has 1 amide bonds. The van der Waals surface area contributed by atoms with Gasteiger partial charge in [-0.25, -0.2) is 13.2 Å². The van der Waals surface area contributed by atoms with E-state index in [0.29, 0.717) is 12.4 Å². The second kappa shape index (κ2) is 13.3. The number of nitrogens with zero attached hydrogens (tertiary/aromatic N) is 1. The molecule has 11 nitrogen and oxygen atoms in total. The second-order valence-corrected chi connectivity index (χ2v) is 13.4. The van der Waals surface area contributed by atoms with Crippen molar-refractivity contribution in [3.63, 3.8) is 0 Å². The van der Waals surface area contributed by atoms with Crippen molar-refractivity contribution in [1.29, 1.82) is 0 Å². The zero-order chi connectivity index (χ0) is 29.9. The maximum Gasteiger partial charge on any atom is 0.407 e. The molecule has 12 heteroatoms. The van der Waals surface area contributed by atoms with Crippen LogP contribution in [0.1, 0.15) is 25.8 Å². The van der Waals surface area contributed by atoms with Crippen LogP contribution in [0.3, 0.4) is 0 Å². The third-order valence-corrected chi connectivity index (χ3v) is 9.84. The number of carbonyl (C=O) groups excluding carboxylic acids is 1. The van der Waals surface area contributed by atoms with Crippen LogP contribution >= 0.6 is 0 Å². The lowest BCUT2D eigenvalue weighted by molar-refractivity contribution is -0.188. The minimum Gasteiger partial charge on any atom is -0.497 e. The Morgan fingerprint density at radius 2 is 1.81 bits per heavy atom. The number of benzene rings is 2. The molecule has 2 aromatic carbocycles. The maximum atomic E-state index is 13.7. The van der Waals surface area contributed by atoms with Gasteiger partial charge in [-0.1, -0.05) is 44.2 Å². The van der Waals surface area contributed by atoms with Crippen molar-refractivity contribution in [3.05, 3.63) is 60.2 Å². The number of ether oxygens (including phenoxy) is 5. The van der Waals surface area contributed by atoms with E-state index in [0.717, 1.165) is 12.0 Å². The maximum absolute atomic E-state index is 13.7. The van der Waals surface area contributed by atoms with Gasteiger partial charge in [0.15, 0.2) is 12.6 Å².